The Labute approximate surface area is 118 Å². The number of hydrogen-bond donors (Lipinski definition) is 1. The highest BCUT2D eigenvalue weighted by atomic mass is 79.9. The van der Waals surface area contributed by atoms with Crippen LogP contribution in [-0.4, -0.2) is 39.5 Å². The van der Waals surface area contributed by atoms with Gasteiger partial charge in [-0.25, -0.2) is 9.97 Å². The Morgan fingerprint density at radius 1 is 1.42 bits per heavy atom. The van der Waals surface area contributed by atoms with Gasteiger partial charge in [0, 0.05) is 31.6 Å². The van der Waals surface area contributed by atoms with Crippen LogP contribution < -0.4 is 5.32 Å². The number of aromatic nitrogens is 3. The van der Waals surface area contributed by atoms with Crippen LogP contribution in [0.3, 0.4) is 0 Å². The van der Waals surface area contributed by atoms with Gasteiger partial charge in [0.05, 0.1) is 6.20 Å². The van der Waals surface area contributed by atoms with Crippen LogP contribution >= 0.6 is 15.9 Å². The van der Waals surface area contributed by atoms with Crippen LogP contribution in [-0.2, 0) is 4.74 Å². The monoisotopic (exact) mass is 324 g/mol. The lowest BCUT2D eigenvalue weighted by Gasteiger charge is -2.22. The molecule has 1 aliphatic rings. The summed E-state index contributed by atoms with van der Waals surface area (Å²) in [6, 6.07) is 0.177. The van der Waals surface area contributed by atoms with Gasteiger partial charge in [-0.05, 0) is 28.8 Å². The summed E-state index contributed by atoms with van der Waals surface area (Å²) in [6.07, 6.45) is 6.80. The van der Waals surface area contributed by atoms with Crippen LogP contribution in [0.15, 0.2) is 23.2 Å². The van der Waals surface area contributed by atoms with Crippen molar-refractivity contribution in [3.05, 3.63) is 28.9 Å². The van der Waals surface area contributed by atoms with Gasteiger partial charge >= 0.3 is 0 Å². The Hall–Kier alpha value is -1.47. The van der Waals surface area contributed by atoms with E-state index in [2.05, 4.69) is 31.2 Å². The lowest BCUT2D eigenvalue weighted by atomic mass is 10.1. The van der Waals surface area contributed by atoms with Crippen LogP contribution in [0.5, 0.6) is 0 Å². The van der Waals surface area contributed by atoms with Gasteiger partial charge in [-0.15, -0.1) is 0 Å². The number of carbonyl (C=O) groups is 1. The van der Waals surface area contributed by atoms with Crippen molar-refractivity contribution < 1.29 is 9.53 Å². The van der Waals surface area contributed by atoms with E-state index in [1.807, 2.05) is 0 Å². The van der Waals surface area contributed by atoms with Gasteiger partial charge in [0.15, 0.2) is 5.65 Å². The zero-order chi connectivity index (χ0) is 13.2. The molecule has 1 N–H and O–H groups in total. The van der Waals surface area contributed by atoms with E-state index in [-0.39, 0.29) is 11.9 Å². The number of ether oxygens (including phenoxy) is 1. The first-order valence-corrected chi connectivity index (χ1v) is 6.90. The summed E-state index contributed by atoms with van der Waals surface area (Å²) in [6.45, 7) is 1.40. The van der Waals surface area contributed by atoms with E-state index in [1.165, 1.54) is 0 Å². The molecule has 0 aliphatic carbocycles. The zero-order valence-corrected chi connectivity index (χ0v) is 11.8. The first-order valence-electron chi connectivity index (χ1n) is 6.11. The van der Waals surface area contributed by atoms with E-state index < -0.39 is 0 Å². The largest absolute Gasteiger partial charge is 0.381 e. The second-order valence-electron chi connectivity index (χ2n) is 4.46. The maximum atomic E-state index is 12.1. The fourth-order valence-electron chi connectivity index (χ4n) is 2.08. The number of amides is 1. The summed E-state index contributed by atoms with van der Waals surface area (Å²) in [5.41, 5.74) is 1.06. The lowest BCUT2D eigenvalue weighted by Crippen LogP contribution is -2.39. The summed E-state index contributed by atoms with van der Waals surface area (Å²) in [5.74, 6) is -0.147. The molecule has 3 heterocycles. The van der Waals surface area contributed by atoms with Gasteiger partial charge in [-0.3, -0.25) is 4.79 Å². The van der Waals surface area contributed by atoms with Crippen molar-refractivity contribution in [2.45, 2.75) is 18.9 Å². The molecule has 0 spiro atoms. The molecule has 7 heteroatoms. The van der Waals surface area contributed by atoms with E-state index in [9.17, 15) is 4.79 Å². The molecular weight excluding hydrogens is 312 g/mol. The first kappa shape index (κ1) is 12.6. The molecule has 2 aromatic heterocycles. The molecule has 0 atom stereocenters. The number of nitrogens with zero attached hydrogens (tertiary/aromatic N) is 3. The molecule has 1 amide bonds. The fourth-order valence-corrected chi connectivity index (χ4v) is 2.41. The van der Waals surface area contributed by atoms with Crippen molar-refractivity contribution in [2.75, 3.05) is 13.2 Å². The van der Waals surface area contributed by atoms with Crippen LogP contribution in [0.4, 0.5) is 0 Å². The highest BCUT2D eigenvalue weighted by molar-refractivity contribution is 9.10. The Morgan fingerprint density at radius 2 is 2.21 bits per heavy atom. The summed E-state index contributed by atoms with van der Waals surface area (Å²) in [4.78, 5) is 20.4. The molecule has 100 valence electrons. The quantitative estimate of drug-likeness (QED) is 0.906. The molecule has 0 saturated carbocycles. The topological polar surface area (TPSA) is 68.5 Å². The van der Waals surface area contributed by atoms with Gasteiger partial charge in [0.25, 0.3) is 5.91 Å². The van der Waals surface area contributed by atoms with Gasteiger partial charge in [-0.2, -0.15) is 0 Å². The SMILES string of the molecule is O=C(NC1CCOCC1)c1cn2cc(Br)ncc2n1. The standard InChI is InChI=1S/C12H13BrN4O2/c13-10-7-17-6-9(16-11(17)5-14-10)12(18)15-8-1-3-19-4-2-8/h5-8H,1-4H2,(H,15,18). The molecule has 3 rings (SSSR count). The Morgan fingerprint density at radius 3 is 3.00 bits per heavy atom. The molecule has 2 aromatic rings. The second-order valence-corrected chi connectivity index (χ2v) is 5.27. The molecule has 0 aromatic carbocycles. The second kappa shape index (κ2) is 5.26. The molecule has 1 aliphatic heterocycles. The summed E-state index contributed by atoms with van der Waals surface area (Å²) in [7, 11) is 0. The fraction of sp³-hybridized carbons (Fsp3) is 0.417. The summed E-state index contributed by atoms with van der Waals surface area (Å²) in [5, 5.41) is 2.98. The van der Waals surface area contributed by atoms with Crippen molar-refractivity contribution in [2.24, 2.45) is 0 Å². The smallest absolute Gasteiger partial charge is 0.271 e. The Bertz CT molecular complexity index is 607. The molecule has 19 heavy (non-hydrogen) atoms. The molecule has 0 radical (unpaired) electrons. The maximum absolute atomic E-state index is 12.1. The highest BCUT2D eigenvalue weighted by Gasteiger charge is 2.18. The summed E-state index contributed by atoms with van der Waals surface area (Å²) >= 11 is 3.28. The highest BCUT2D eigenvalue weighted by Crippen LogP contribution is 2.11. The minimum absolute atomic E-state index is 0.147. The number of rotatable bonds is 2. The van der Waals surface area contributed by atoms with E-state index in [0.717, 1.165) is 12.8 Å². The molecule has 6 nitrogen and oxygen atoms in total. The predicted octanol–water partition coefficient (Wildman–Crippen LogP) is 1.40. The van der Waals surface area contributed by atoms with Crippen molar-refractivity contribution in [1.29, 1.82) is 0 Å². The first-order chi connectivity index (χ1) is 9.22. The van der Waals surface area contributed by atoms with Crippen LogP contribution in [0.25, 0.3) is 5.65 Å². The molecule has 0 bridgehead atoms. The molecule has 0 unspecified atom stereocenters. The number of nitrogens with one attached hydrogen (secondary N) is 1. The van der Waals surface area contributed by atoms with Gasteiger partial charge in [-0.1, -0.05) is 0 Å². The Balaban J connectivity index is 1.77. The van der Waals surface area contributed by atoms with E-state index in [4.69, 9.17) is 4.74 Å². The number of fused-ring (bicyclic) bond motifs is 1. The van der Waals surface area contributed by atoms with Crippen molar-refractivity contribution in [3.8, 4) is 0 Å². The normalized spacial score (nSPS) is 16.7. The minimum Gasteiger partial charge on any atom is -0.381 e. The van der Waals surface area contributed by atoms with E-state index in [1.54, 1.807) is 23.0 Å². The predicted molar refractivity (Wildman–Crippen MR) is 72.0 cm³/mol. The van der Waals surface area contributed by atoms with Gasteiger partial charge < -0.3 is 14.5 Å². The Kier molecular flexibility index (Phi) is 3.48. The van der Waals surface area contributed by atoms with Crippen molar-refractivity contribution >= 4 is 27.5 Å². The molecule has 1 saturated heterocycles. The van der Waals surface area contributed by atoms with Crippen molar-refractivity contribution in [3.63, 3.8) is 0 Å². The van der Waals surface area contributed by atoms with Gasteiger partial charge in [0.1, 0.15) is 10.3 Å². The van der Waals surface area contributed by atoms with E-state index in [0.29, 0.717) is 29.2 Å². The van der Waals surface area contributed by atoms with Crippen LogP contribution in [0.2, 0.25) is 0 Å². The maximum Gasteiger partial charge on any atom is 0.271 e. The van der Waals surface area contributed by atoms with Crippen LogP contribution in [0.1, 0.15) is 23.3 Å². The number of hydrogen-bond acceptors (Lipinski definition) is 4. The number of carbonyl (C=O) groups excluding carboxylic acids is 1. The average molecular weight is 325 g/mol. The number of halogens is 1. The third kappa shape index (κ3) is 2.76. The molecular formula is C12H13BrN4O2. The van der Waals surface area contributed by atoms with Gasteiger partial charge in [0.2, 0.25) is 0 Å². The molecule has 1 fully saturated rings. The average Bonchev–Trinajstić information content (AvgIpc) is 2.83. The van der Waals surface area contributed by atoms with Crippen molar-refractivity contribution in [1.82, 2.24) is 19.7 Å². The summed E-state index contributed by atoms with van der Waals surface area (Å²) < 4.78 is 7.74. The van der Waals surface area contributed by atoms with E-state index >= 15 is 0 Å². The number of imidazole rings is 1. The third-order valence-electron chi connectivity index (χ3n) is 3.10. The third-order valence-corrected chi connectivity index (χ3v) is 3.51. The minimum atomic E-state index is -0.147. The zero-order valence-electron chi connectivity index (χ0n) is 10.2. The van der Waals surface area contributed by atoms with Crippen LogP contribution in [0, 0.1) is 0 Å². The lowest BCUT2D eigenvalue weighted by molar-refractivity contribution is 0.0694.